The molecule has 6 rings (SSSR count). The molecule has 5 aromatic rings. The highest BCUT2D eigenvalue weighted by molar-refractivity contribution is 6.02. The Morgan fingerprint density at radius 1 is 0.542 bits per heavy atom. The summed E-state index contributed by atoms with van der Waals surface area (Å²) in [5.74, 6) is -23.0. The van der Waals surface area contributed by atoms with Gasteiger partial charge in [-0.3, -0.25) is 101 Å². The number of nitrogens with two attached hydrogens (primary N) is 6. The maximum Gasteiger partial charge on any atom is 0.303 e. The molecular weight excluding hydrogens is 1720 g/mol. The molecule has 0 bridgehead atoms. The number of fused-ring (bicyclic) bond motifs is 2. The number of hydrogen-bond acceptors (Lipinski definition) is 25. The third kappa shape index (κ3) is 36.4. The highest BCUT2D eigenvalue weighted by atomic mass is 16.5. The molecule has 49 heteroatoms. The molecule has 1 saturated heterocycles. The van der Waals surface area contributed by atoms with Crippen LogP contribution in [0.3, 0.4) is 0 Å². The number of phenolic OH excluding ortho intramolecular Hbond substituents is 1. The summed E-state index contributed by atoms with van der Waals surface area (Å²) in [6.07, 6.45) is -5.65. The molecule has 0 unspecified atom stereocenters. The third-order valence-electron chi connectivity index (χ3n) is 20.4. The van der Waals surface area contributed by atoms with Gasteiger partial charge >= 0.3 is 5.97 Å². The number of carboxylic acid groups (broad SMARTS) is 1. The summed E-state index contributed by atoms with van der Waals surface area (Å²) in [6, 6.07) is -3.05. The van der Waals surface area contributed by atoms with Gasteiger partial charge in [-0.2, -0.15) is 0 Å². The molecule has 1 aliphatic rings. The molecule has 0 aliphatic carbocycles. The molecule has 3 heterocycles. The summed E-state index contributed by atoms with van der Waals surface area (Å²) < 4.78 is 5.27. The van der Waals surface area contributed by atoms with Crippen molar-refractivity contribution in [1.29, 1.82) is 5.41 Å². The Balaban J connectivity index is 1.36. The zero-order valence-electron chi connectivity index (χ0n) is 71.9. The van der Waals surface area contributed by atoms with E-state index in [-0.39, 0.29) is 43.9 Å². The highest BCUT2D eigenvalue weighted by Gasteiger charge is 2.40. The fraction of sp³-hybridized carbons (Fsp3) is 0.476. The van der Waals surface area contributed by atoms with Crippen LogP contribution in [0.4, 0.5) is 0 Å². The van der Waals surface area contributed by atoms with E-state index in [4.69, 9.17) is 44.5 Å². The lowest BCUT2D eigenvalue weighted by molar-refractivity contribution is -0.139. The van der Waals surface area contributed by atoms with Gasteiger partial charge in [0.25, 0.3) is 0 Å². The van der Waals surface area contributed by atoms with Crippen LogP contribution in [0.25, 0.3) is 21.8 Å². The second-order valence-electron chi connectivity index (χ2n) is 30.9. The van der Waals surface area contributed by atoms with Gasteiger partial charge in [0.05, 0.1) is 25.7 Å². The molecule has 19 amide bonds. The maximum absolute atomic E-state index is 15.6. The lowest BCUT2D eigenvalue weighted by Gasteiger charge is -2.29. The first kappa shape index (κ1) is 105. The van der Waals surface area contributed by atoms with Crippen molar-refractivity contribution in [2.75, 3.05) is 45.9 Å². The number of nitrogens with one attached hydrogen (secondary N) is 19. The smallest absolute Gasteiger partial charge is 0.303 e. The number of carbonyl (C=O) groups is 20. The largest absolute Gasteiger partial charge is 0.508 e. The average Bonchev–Trinajstić information content (AvgIpc) is 1.68. The van der Waals surface area contributed by atoms with Gasteiger partial charge in [-0.05, 0) is 112 Å². The normalized spacial score (nSPS) is 18.0. The minimum absolute atomic E-state index is 0.124. The zero-order chi connectivity index (χ0) is 96.6. The number of guanidine groups is 1. The van der Waals surface area contributed by atoms with E-state index in [2.05, 4.69) is 95.0 Å². The van der Waals surface area contributed by atoms with Crippen LogP contribution in [0.5, 0.6) is 5.75 Å². The van der Waals surface area contributed by atoms with Gasteiger partial charge in [0.2, 0.25) is 112 Å². The van der Waals surface area contributed by atoms with E-state index >= 15 is 24.0 Å². The molecule has 0 spiro atoms. The summed E-state index contributed by atoms with van der Waals surface area (Å²) in [5.41, 5.74) is 35.0. The number of para-hydroxylation sites is 2. The molecule has 13 atom stereocenters. The van der Waals surface area contributed by atoms with Crippen LogP contribution < -0.4 is 119 Å². The summed E-state index contributed by atoms with van der Waals surface area (Å²) >= 11 is 0. The second-order valence-corrected chi connectivity index (χ2v) is 30.9. The van der Waals surface area contributed by atoms with Crippen LogP contribution in [0, 0.1) is 5.41 Å². The first-order valence-electron chi connectivity index (χ1n) is 41.9. The number of amides is 19. The number of hydrogen-bond donors (Lipinski definition) is 28. The third-order valence-corrected chi connectivity index (χ3v) is 20.4. The quantitative estimate of drug-likeness (QED) is 0.00977. The summed E-state index contributed by atoms with van der Waals surface area (Å²) in [5, 5.41) is 79.1. The number of aliphatic hydroxyl groups is 1. The van der Waals surface area contributed by atoms with Crippen molar-refractivity contribution in [3.63, 3.8) is 0 Å². The molecular formula is C82H115N25O24. The van der Waals surface area contributed by atoms with Crippen molar-refractivity contribution in [2.45, 2.75) is 202 Å². The number of H-pyrrole nitrogens is 2. The molecule has 0 saturated carbocycles. The molecule has 0 radical (unpaired) electrons. The van der Waals surface area contributed by atoms with Gasteiger partial charge in [-0.25, -0.2) is 0 Å². The van der Waals surface area contributed by atoms with Crippen LogP contribution in [0.1, 0.15) is 120 Å². The van der Waals surface area contributed by atoms with E-state index in [1.807, 2.05) is 0 Å². The van der Waals surface area contributed by atoms with Gasteiger partial charge < -0.3 is 149 Å². The van der Waals surface area contributed by atoms with Crippen molar-refractivity contribution in [3.8, 4) is 5.75 Å². The van der Waals surface area contributed by atoms with Crippen LogP contribution in [-0.2, 0) is 120 Å². The number of ether oxygens (including phenoxy) is 1. The maximum atomic E-state index is 15.6. The van der Waals surface area contributed by atoms with Crippen molar-refractivity contribution in [1.82, 2.24) is 95.0 Å². The van der Waals surface area contributed by atoms with E-state index in [0.717, 1.165) is 13.8 Å². The molecule has 3 aromatic carbocycles. The number of unbranched alkanes of at least 4 members (excludes halogenated alkanes) is 1. The monoisotopic (exact) mass is 1830 g/mol. The Hall–Kier alpha value is -14.9. The first-order chi connectivity index (χ1) is 62.2. The van der Waals surface area contributed by atoms with Gasteiger partial charge in [0.15, 0.2) is 5.96 Å². The lowest BCUT2D eigenvalue weighted by Crippen LogP contribution is -2.63. The SMILES string of the molecule is CC(=O)N[C@H]1CCC(=O)NC[C@@H](C(=O)N[C@@H](Cc2ccc(O)cc2)C(=O)N[C@@H](Cc2c[nH]c3ccccc23)C(=O)N[C@@H](CCCNC(=N)N)C(=O)N[C@@H](CCC(=O)O)C(=O)N[C@@H](CC(N)=O)C(=O)NCC(=O)NCCOCC(=O)N[C@H](CCCCN)C(N)=O)NC(=O)[C@H](CCC(N)=O)NC(=O)[C@H](Cc2c[nH]c3ccccc23)NC(=O)[C@H]([C@@H](C)O)NC(=O)[C@H](CCC(N)=O)NC1=O. The molecule has 34 N–H and O–H groups in total. The lowest BCUT2D eigenvalue weighted by atomic mass is 10.0. The molecule has 1 aliphatic heterocycles. The Kier molecular flexibility index (Phi) is 42.4. The molecule has 131 heavy (non-hydrogen) atoms. The number of phenols is 1. The van der Waals surface area contributed by atoms with Crippen LogP contribution in [0.2, 0.25) is 0 Å². The fourth-order valence-electron chi connectivity index (χ4n) is 13.6. The number of aromatic nitrogens is 2. The standard InChI is InChI=1S/C82H115N25O24/c1-41(108)69-81(130)105-59(34-45-37-93-50-13-6-4-11-48(45)50)79(128)101-54(20-24-62(84)111)75(124)106-61(38-94-65(114)26-22-53(96-42(2)109)73(122)99-55(76(125)107-69)21-25-63(85)112)80(129)102-57(32-43-16-18-46(110)19-17-43)77(126)103-58(33-44-36-92-49-12-5-3-10-47(44)49)78(127)98-52(15-9-29-91-82(88)89)72(121)100-56(23-27-68(117)118)74(123)104-60(35-64(86)113)71(120)95-39-66(115)90-30-31-131-40-67(116)97-51(70(87)119)14-7-8-28-83/h3-6,10-13,16-19,36-37,41,51-61,69,92-93,108,110H,7-9,14-15,20-35,38-40,83H2,1-2H3,(H2,84,111)(H2,85,112)(H2,86,113)(H2,87,119)(H,90,115)(H,94,114)(H,95,120)(H,96,109)(H,97,116)(H,98,127)(H,99,122)(H,100,121)(H,101,128)(H,102,129)(H,103,126)(H,104,123)(H,105,130)(H,106,124)(H,107,125)(H,117,118)(H4,88,89,91)/t41-,51-,52+,53+,54+,55+,56+,57+,58+,59+,60+,61+,69+/m1/s1. The Morgan fingerprint density at radius 2 is 1.08 bits per heavy atom. The topological polar surface area (TPSA) is 815 Å². The molecule has 49 nitrogen and oxygen atoms in total. The van der Waals surface area contributed by atoms with Crippen molar-refractivity contribution in [2.24, 2.45) is 34.4 Å². The highest BCUT2D eigenvalue weighted by Crippen LogP contribution is 2.23. The van der Waals surface area contributed by atoms with E-state index in [0.29, 0.717) is 52.3 Å². The summed E-state index contributed by atoms with van der Waals surface area (Å²) in [6.45, 7) is -0.431. The van der Waals surface area contributed by atoms with E-state index in [9.17, 15) is 87.2 Å². The number of aromatic hydroxyl groups is 1. The first-order valence-corrected chi connectivity index (χ1v) is 41.9. The van der Waals surface area contributed by atoms with Crippen LogP contribution in [-0.4, -0.2) is 274 Å². The molecule has 712 valence electrons. The van der Waals surface area contributed by atoms with Gasteiger partial charge in [0, 0.05) is 106 Å². The number of carbonyl (C=O) groups excluding carboxylic acids is 19. The van der Waals surface area contributed by atoms with Crippen LogP contribution in [0.15, 0.2) is 85.2 Å². The van der Waals surface area contributed by atoms with Crippen molar-refractivity contribution < 1.29 is 116 Å². The second kappa shape index (κ2) is 53.0. The minimum Gasteiger partial charge on any atom is -0.508 e. The van der Waals surface area contributed by atoms with E-state index < -0.39 is 306 Å². The van der Waals surface area contributed by atoms with Gasteiger partial charge in [-0.15, -0.1) is 0 Å². The minimum atomic E-state index is -2.08. The van der Waals surface area contributed by atoms with Gasteiger partial charge in [-0.1, -0.05) is 48.5 Å². The van der Waals surface area contributed by atoms with Crippen LogP contribution >= 0.6 is 0 Å². The Morgan fingerprint density at radius 3 is 1.66 bits per heavy atom. The molecule has 2 aromatic heterocycles. The fourth-order valence-corrected chi connectivity index (χ4v) is 13.6. The summed E-state index contributed by atoms with van der Waals surface area (Å²) in [7, 11) is 0. The number of rotatable bonds is 47. The number of aliphatic carboxylic acids is 1. The summed E-state index contributed by atoms with van der Waals surface area (Å²) in [4.78, 5) is 282. The number of benzene rings is 3. The Bertz CT molecular complexity index is 4930. The van der Waals surface area contributed by atoms with Crippen molar-refractivity contribution >= 4 is 146 Å². The predicted molar refractivity (Wildman–Crippen MR) is 464 cm³/mol. The van der Waals surface area contributed by atoms with Crippen molar-refractivity contribution in [3.05, 3.63) is 102 Å². The van der Waals surface area contributed by atoms with E-state index in [1.165, 1.54) is 36.7 Å². The average molecular weight is 1830 g/mol. The number of primary amides is 4. The van der Waals surface area contributed by atoms with E-state index in [1.54, 1.807) is 48.5 Å². The predicted octanol–water partition coefficient (Wildman–Crippen LogP) is -9.09. The number of aromatic amines is 2. The van der Waals surface area contributed by atoms with Gasteiger partial charge in [0.1, 0.15) is 84.9 Å². The zero-order valence-corrected chi connectivity index (χ0v) is 71.9. The molecule has 1 fully saturated rings. The Labute approximate surface area is 748 Å². The number of aliphatic hydroxyl groups excluding tert-OH is 1. The number of carboxylic acids is 1.